The molecule has 29 heavy (non-hydrogen) atoms. The Morgan fingerprint density at radius 3 is 2.52 bits per heavy atom. The van der Waals surface area contributed by atoms with Gasteiger partial charge < -0.3 is 19.7 Å². The number of carbonyl (C=O) groups is 2. The summed E-state index contributed by atoms with van der Waals surface area (Å²) in [5.41, 5.74) is 0.974. The number of ether oxygens (including phenoxy) is 2. The summed E-state index contributed by atoms with van der Waals surface area (Å²) in [5.74, 6) is 0.779. The first kappa shape index (κ1) is 22.7. The summed E-state index contributed by atoms with van der Waals surface area (Å²) in [7, 11) is 0. The molecule has 0 bridgehead atoms. The van der Waals surface area contributed by atoms with E-state index in [1.807, 2.05) is 31.2 Å². The third-order valence-electron chi connectivity index (χ3n) is 4.04. The number of urea groups is 1. The fourth-order valence-corrected chi connectivity index (χ4v) is 3.29. The lowest BCUT2D eigenvalue weighted by atomic mass is 10.1. The molecule has 2 rings (SSSR count). The van der Waals surface area contributed by atoms with Crippen LogP contribution in [-0.4, -0.2) is 41.6 Å². The minimum Gasteiger partial charge on any atom is -0.494 e. The maximum Gasteiger partial charge on any atom is 0.357 e. The van der Waals surface area contributed by atoms with Crippen LogP contribution in [0.5, 0.6) is 5.75 Å². The van der Waals surface area contributed by atoms with E-state index in [1.54, 1.807) is 17.2 Å². The van der Waals surface area contributed by atoms with Gasteiger partial charge in [-0.1, -0.05) is 13.8 Å². The van der Waals surface area contributed by atoms with Gasteiger partial charge in [0, 0.05) is 17.6 Å². The van der Waals surface area contributed by atoms with E-state index in [-0.39, 0.29) is 11.7 Å². The maximum absolute atomic E-state index is 12.9. The Morgan fingerprint density at radius 2 is 1.90 bits per heavy atom. The zero-order chi connectivity index (χ0) is 21.2. The highest BCUT2D eigenvalue weighted by atomic mass is 32.1. The molecule has 1 aromatic carbocycles. The quantitative estimate of drug-likeness (QED) is 0.560. The summed E-state index contributed by atoms with van der Waals surface area (Å²) < 4.78 is 10.4. The third-order valence-corrected chi connectivity index (χ3v) is 4.88. The molecule has 1 N–H and O–H groups in total. The van der Waals surface area contributed by atoms with Crippen LogP contribution in [0.15, 0.2) is 29.6 Å². The highest BCUT2D eigenvalue weighted by Crippen LogP contribution is 2.18. The Labute approximate surface area is 176 Å². The first-order valence-corrected chi connectivity index (χ1v) is 10.7. The number of hydrogen-bond donors (Lipinski definition) is 1. The van der Waals surface area contributed by atoms with Crippen molar-refractivity contribution in [2.75, 3.05) is 25.1 Å². The first-order chi connectivity index (χ1) is 13.9. The Balaban J connectivity index is 2.06. The molecule has 0 atom stereocenters. The van der Waals surface area contributed by atoms with Gasteiger partial charge in [0.2, 0.25) is 0 Å². The molecule has 0 aliphatic heterocycles. The molecular formula is C21H29N3O4S. The molecule has 0 saturated heterocycles. The van der Waals surface area contributed by atoms with Gasteiger partial charge in [0.1, 0.15) is 10.8 Å². The van der Waals surface area contributed by atoms with Crippen molar-refractivity contribution in [2.24, 2.45) is 5.92 Å². The number of carbonyl (C=O) groups excluding carboxylic acids is 2. The Kier molecular flexibility index (Phi) is 8.92. The van der Waals surface area contributed by atoms with Crippen molar-refractivity contribution in [2.45, 2.75) is 40.7 Å². The van der Waals surface area contributed by atoms with E-state index >= 15 is 0 Å². The Morgan fingerprint density at radius 1 is 1.17 bits per heavy atom. The third kappa shape index (κ3) is 7.38. The standard InChI is InChI=1S/C21H29N3O4S/c1-5-27-17-9-7-16(8-10-17)22-21(26)24(12-11-15(3)4)13-19-23-18(14-29-19)20(25)28-6-2/h7-10,14-15H,5-6,11-13H2,1-4H3,(H,22,26). The monoisotopic (exact) mass is 419 g/mol. The van der Waals surface area contributed by atoms with Gasteiger partial charge in [-0.15, -0.1) is 11.3 Å². The molecule has 0 aliphatic rings. The molecule has 2 aromatic rings. The van der Waals surface area contributed by atoms with Crippen LogP contribution in [0.3, 0.4) is 0 Å². The van der Waals surface area contributed by atoms with Crippen molar-refractivity contribution in [3.8, 4) is 5.75 Å². The number of thiazole rings is 1. The Hall–Kier alpha value is -2.61. The van der Waals surface area contributed by atoms with Gasteiger partial charge >= 0.3 is 12.0 Å². The summed E-state index contributed by atoms with van der Waals surface area (Å²) in [4.78, 5) is 30.7. The van der Waals surface area contributed by atoms with Gasteiger partial charge in [-0.25, -0.2) is 14.6 Å². The zero-order valence-electron chi connectivity index (χ0n) is 17.4. The Bertz CT molecular complexity index is 789. The lowest BCUT2D eigenvalue weighted by Gasteiger charge is -2.23. The lowest BCUT2D eigenvalue weighted by Crippen LogP contribution is -2.35. The van der Waals surface area contributed by atoms with Crippen LogP contribution in [0.25, 0.3) is 0 Å². The number of nitrogens with zero attached hydrogens (tertiary/aromatic N) is 2. The average molecular weight is 420 g/mol. The number of amides is 2. The van der Waals surface area contributed by atoms with Crippen LogP contribution in [0.1, 0.15) is 49.6 Å². The zero-order valence-corrected chi connectivity index (χ0v) is 18.3. The number of benzene rings is 1. The van der Waals surface area contributed by atoms with E-state index < -0.39 is 5.97 Å². The second kappa shape index (κ2) is 11.4. The van der Waals surface area contributed by atoms with E-state index in [9.17, 15) is 9.59 Å². The molecule has 1 aromatic heterocycles. The minimum absolute atomic E-state index is 0.206. The largest absolute Gasteiger partial charge is 0.494 e. The van der Waals surface area contributed by atoms with Gasteiger partial charge in [-0.05, 0) is 50.5 Å². The van der Waals surface area contributed by atoms with Crippen LogP contribution in [0.4, 0.5) is 10.5 Å². The smallest absolute Gasteiger partial charge is 0.357 e. The van der Waals surface area contributed by atoms with Gasteiger partial charge in [-0.3, -0.25) is 0 Å². The van der Waals surface area contributed by atoms with Gasteiger partial charge in [-0.2, -0.15) is 0 Å². The summed E-state index contributed by atoms with van der Waals surface area (Å²) >= 11 is 1.35. The molecule has 7 nitrogen and oxygen atoms in total. The highest BCUT2D eigenvalue weighted by Gasteiger charge is 2.18. The normalized spacial score (nSPS) is 10.7. The molecule has 8 heteroatoms. The second-order valence-corrected chi connectivity index (χ2v) is 7.78. The van der Waals surface area contributed by atoms with Crippen LogP contribution in [-0.2, 0) is 11.3 Å². The molecule has 0 spiro atoms. The average Bonchev–Trinajstić information content (AvgIpc) is 3.15. The molecule has 0 aliphatic carbocycles. The molecule has 0 fully saturated rings. The summed E-state index contributed by atoms with van der Waals surface area (Å²) in [6, 6.07) is 7.06. The van der Waals surface area contributed by atoms with Crippen LogP contribution >= 0.6 is 11.3 Å². The number of hydrogen-bond acceptors (Lipinski definition) is 6. The van der Waals surface area contributed by atoms with Gasteiger partial charge in [0.15, 0.2) is 5.69 Å². The molecule has 0 unspecified atom stereocenters. The summed E-state index contributed by atoms with van der Waals surface area (Å²) in [6.07, 6.45) is 0.868. The van der Waals surface area contributed by atoms with Gasteiger partial charge in [0.25, 0.3) is 0 Å². The molecule has 1 heterocycles. The van der Waals surface area contributed by atoms with E-state index in [1.165, 1.54) is 11.3 Å². The SMILES string of the molecule is CCOC(=O)c1csc(CN(CCC(C)C)C(=O)Nc2ccc(OCC)cc2)n1. The number of rotatable bonds is 10. The van der Waals surface area contributed by atoms with Crippen molar-refractivity contribution in [3.63, 3.8) is 0 Å². The number of nitrogens with one attached hydrogen (secondary N) is 1. The first-order valence-electron chi connectivity index (χ1n) is 9.83. The predicted octanol–water partition coefficient (Wildman–Crippen LogP) is 4.80. The van der Waals surface area contributed by atoms with E-state index in [4.69, 9.17) is 9.47 Å². The second-order valence-electron chi connectivity index (χ2n) is 6.84. The number of anilines is 1. The van der Waals surface area contributed by atoms with Crippen molar-refractivity contribution in [1.82, 2.24) is 9.88 Å². The van der Waals surface area contributed by atoms with E-state index in [0.29, 0.717) is 42.9 Å². The summed E-state index contributed by atoms with van der Waals surface area (Å²) in [5, 5.41) is 5.28. The fraction of sp³-hybridized carbons (Fsp3) is 0.476. The minimum atomic E-state index is -0.442. The van der Waals surface area contributed by atoms with Crippen molar-refractivity contribution in [3.05, 3.63) is 40.3 Å². The van der Waals surface area contributed by atoms with E-state index in [2.05, 4.69) is 24.1 Å². The maximum atomic E-state index is 12.9. The van der Waals surface area contributed by atoms with Crippen molar-refractivity contribution in [1.29, 1.82) is 0 Å². The molecule has 0 saturated carbocycles. The lowest BCUT2D eigenvalue weighted by molar-refractivity contribution is 0.0520. The number of esters is 1. The van der Waals surface area contributed by atoms with Crippen molar-refractivity contribution < 1.29 is 19.1 Å². The fourth-order valence-electron chi connectivity index (χ4n) is 2.52. The highest BCUT2D eigenvalue weighted by molar-refractivity contribution is 7.09. The van der Waals surface area contributed by atoms with Crippen LogP contribution < -0.4 is 10.1 Å². The summed E-state index contributed by atoms with van der Waals surface area (Å²) in [6.45, 7) is 9.73. The molecule has 2 amide bonds. The van der Waals surface area contributed by atoms with E-state index in [0.717, 1.165) is 12.2 Å². The molecule has 158 valence electrons. The van der Waals surface area contributed by atoms with Crippen LogP contribution in [0, 0.1) is 5.92 Å². The van der Waals surface area contributed by atoms with Crippen LogP contribution in [0.2, 0.25) is 0 Å². The van der Waals surface area contributed by atoms with Crippen molar-refractivity contribution >= 4 is 29.0 Å². The number of aromatic nitrogens is 1. The molecular weight excluding hydrogens is 390 g/mol. The predicted molar refractivity (Wildman–Crippen MR) is 115 cm³/mol. The topological polar surface area (TPSA) is 80.8 Å². The molecule has 0 radical (unpaired) electrons. The van der Waals surface area contributed by atoms with Gasteiger partial charge in [0.05, 0.1) is 19.8 Å².